The molecule has 2 N–H and O–H groups in total. The molecule has 0 aromatic heterocycles. The van der Waals surface area contributed by atoms with Crippen LogP contribution in [0.15, 0.2) is 121 Å². The number of nitrogens with one attached hydrogen (secondary N) is 2. The molecule has 0 amide bonds. The van der Waals surface area contributed by atoms with Gasteiger partial charge in [0, 0.05) is 35.6 Å². The van der Waals surface area contributed by atoms with E-state index in [4.69, 9.17) is 0 Å². The smallest absolute Gasteiger partial charge is 0.0430 e. The van der Waals surface area contributed by atoms with Gasteiger partial charge in [0.2, 0.25) is 0 Å². The lowest BCUT2D eigenvalue weighted by Gasteiger charge is -2.21. The highest BCUT2D eigenvalue weighted by Crippen LogP contribution is 2.43. The van der Waals surface area contributed by atoms with Crippen molar-refractivity contribution in [1.29, 1.82) is 0 Å². The maximum atomic E-state index is 3.79. The average molecular weight is 493 g/mol. The Kier molecular flexibility index (Phi) is 6.54. The van der Waals surface area contributed by atoms with Gasteiger partial charge in [0.1, 0.15) is 0 Å². The molecule has 0 fully saturated rings. The molecule has 2 nitrogen and oxygen atoms in total. The Morgan fingerprint density at radius 1 is 0.447 bits per heavy atom. The monoisotopic (exact) mass is 492 g/mol. The van der Waals surface area contributed by atoms with Crippen LogP contribution >= 0.6 is 0 Å². The minimum atomic E-state index is 0.768. The molecule has 6 aromatic carbocycles. The molecule has 38 heavy (non-hydrogen) atoms. The third-order valence-electron chi connectivity index (χ3n) is 7.24. The minimum Gasteiger partial charge on any atom is -0.380 e. The van der Waals surface area contributed by atoms with Crippen molar-refractivity contribution < 1.29 is 0 Å². The second-order valence-corrected chi connectivity index (χ2v) is 10.1. The highest BCUT2D eigenvalue weighted by Gasteiger charge is 2.17. The van der Waals surface area contributed by atoms with E-state index in [1.807, 2.05) is 0 Å². The molecule has 0 spiro atoms. The van der Waals surface area contributed by atoms with E-state index in [9.17, 15) is 0 Å². The highest BCUT2D eigenvalue weighted by atomic mass is 14.9. The van der Waals surface area contributed by atoms with Crippen LogP contribution in [-0.4, -0.2) is 0 Å². The van der Waals surface area contributed by atoms with Crippen molar-refractivity contribution in [3.05, 3.63) is 144 Å². The maximum absolute atomic E-state index is 3.79. The van der Waals surface area contributed by atoms with Gasteiger partial charge in [-0.3, -0.25) is 0 Å². The lowest BCUT2D eigenvalue weighted by atomic mass is 9.90. The lowest BCUT2D eigenvalue weighted by molar-refractivity contribution is 1.14. The molecule has 0 saturated carbocycles. The summed E-state index contributed by atoms with van der Waals surface area (Å²) in [4.78, 5) is 0. The summed E-state index contributed by atoms with van der Waals surface area (Å²) in [5.41, 5.74) is 9.86. The van der Waals surface area contributed by atoms with Crippen molar-refractivity contribution in [2.75, 3.05) is 10.6 Å². The number of aryl methyl sites for hydroxylation is 2. The van der Waals surface area contributed by atoms with E-state index in [-0.39, 0.29) is 0 Å². The fraction of sp³-hybridized carbons (Fsp3) is 0.111. The van der Waals surface area contributed by atoms with Crippen LogP contribution in [0.2, 0.25) is 0 Å². The molecule has 0 radical (unpaired) electrons. The second-order valence-electron chi connectivity index (χ2n) is 10.1. The van der Waals surface area contributed by atoms with Gasteiger partial charge >= 0.3 is 0 Å². The van der Waals surface area contributed by atoms with Crippen LogP contribution in [0, 0.1) is 13.8 Å². The Morgan fingerprint density at radius 2 is 0.895 bits per heavy atom. The molecule has 0 bridgehead atoms. The molecule has 0 aliphatic heterocycles. The topological polar surface area (TPSA) is 24.1 Å². The summed E-state index contributed by atoms with van der Waals surface area (Å²) in [5.74, 6) is 0. The Balaban J connectivity index is 1.51. The number of hydrogen-bond donors (Lipinski definition) is 2. The second kappa shape index (κ2) is 10.4. The van der Waals surface area contributed by atoms with Crippen LogP contribution < -0.4 is 10.6 Å². The minimum absolute atomic E-state index is 0.768. The molecule has 0 heterocycles. The number of rotatable bonds is 7. The summed E-state index contributed by atoms with van der Waals surface area (Å²) >= 11 is 0. The number of anilines is 2. The fourth-order valence-electron chi connectivity index (χ4n) is 5.42. The van der Waals surface area contributed by atoms with Crippen molar-refractivity contribution in [1.82, 2.24) is 0 Å². The van der Waals surface area contributed by atoms with Gasteiger partial charge in [-0.25, -0.2) is 0 Å². The summed E-state index contributed by atoms with van der Waals surface area (Å²) in [6.45, 7) is 5.83. The van der Waals surface area contributed by atoms with E-state index >= 15 is 0 Å². The molecule has 0 saturated heterocycles. The summed E-state index contributed by atoms with van der Waals surface area (Å²) in [6.07, 6.45) is 0. The van der Waals surface area contributed by atoms with Crippen LogP contribution in [-0.2, 0) is 13.1 Å². The fourth-order valence-corrected chi connectivity index (χ4v) is 5.42. The Hall–Kier alpha value is -4.56. The largest absolute Gasteiger partial charge is 0.380 e. The zero-order chi connectivity index (χ0) is 25.9. The van der Waals surface area contributed by atoms with Crippen LogP contribution in [0.4, 0.5) is 11.4 Å². The predicted octanol–water partition coefficient (Wildman–Crippen LogP) is 9.50. The van der Waals surface area contributed by atoms with E-state index in [2.05, 4.69) is 146 Å². The molecule has 186 valence electrons. The molecule has 0 atom stereocenters. The van der Waals surface area contributed by atoms with Crippen LogP contribution in [0.3, 0.4) is 0 Å². The summed E-state index contributed by atoms with van der Waals surface area (Å²) in [5, 5.41) is 12.6. The van der Waals surface area contributed by atoms with E-state index < -0.39 is 0 Å². The van der Waals surface area contributed by atoms with Crippen molar-refractivity contribution >= 4 is 32.9 Å². The molecular weight excluding hydrogens is 460 g/mol. The first kappa shape index (κ1) is 23.8. The maximum Gasteiger partial charge on any atom is 0.0430 e. The first-order valence-electron chi connectivity index (χ1n) is 13.3. The summed E-state index contributed by atoms with van der Waals surface area (Å²) in [6, 6.07) is 43.8. The standard InChI is InChI=1S/C36H32N2/c1-25-9-7-11-27(21-25)23-37-33-19-17-29-13-3-5-15-31(29)35(33)36-32-16-6-4-14-30(32)18-20-34(36)38-24-28-12-8-10-26(2)22-28/h3-22,37-38H,23-24H2,1-2H3. The number of fused-ring (bicyclic) bond motifs is 2. The van der Waals surface area contributed by atoms with Gasteiger partial charge in [-0.05, 0) is 58.7 Å². The van der Waals surface area contributed by atoms with E-state index in [0.29, 0.717) is 0 Å². The molecule has 0 unspecified atom stereocenters. The Labute approximate surface area is 225 Å². The van der Waals surface area contributed by atoms with Crippen molar-refractivity contribution in [2.45, 2.75) is 26.9 Å². The first-order chi connectivity index (χ1) is 18.7. The molecule has 2 heteroatoms. The van der Waals surface area contributed by atoms with Gasteiger partial charge in [-0.15, -0.1) is 0 Å². The Morgan fingerprint density at radius 3 is 1.34 bits per heavy atom. The van der Waals surface area contributed by atoms with Crippen molar-refractivity contribution in [3.8, 4) is 11.1 Å². The van der Waals surface area contributed by atoms with Crippen molar-refractivity contribution in [2.24, 2.45) is 0 Å². The Bertz CT molecular complexity index is 1620. The normalized spacial score (nSPS) is 11.1. The molecule has 0 aliphatic carbocycles. The molecule has 0 aliphatic rings. The van der Waals surface area contributed by atoms with Gasteiger partial charge in [0.05, 0.1) is 0 Å². The van der Waals surface area contributed by atoms with Gasteiger partial charge in [0.25, 0.3) is 0 Å². The van der Waals surface area contributed by atoms with Gasteiger partial charge in [-0.2, -0.15) is 0 Å². The number of hydrogen-bond acceptors (Lipinski definition) is 2. The van der Waals surface area contributed by atoms with Gasteiger partial charge < -0.3 is 10.6 Å². The predicted molar refractivity (Wildman–Crippen MR) is 164 cm³/mol. The zero-order valence-corrected chi connectivity index (χ0v) is 22.0. The van der Waals surface area contributed by atoms with Crippen LogP contribution in [0.25, 0.3) is 32.7 Å². The van der Waals surface area contributed by atoms with Gasteiger partial charge in [0.15, 0.2) is 0 Å². The van der Waals surface area contributed by atoms with E-state index in [1.165, 1.54) is 54.9 Å². The van der Waals surface area contributed by atoms with E-state index in [0.717, 1.165) is 24.5 Å². The van der Waals surface area contributed by atoms with Crippen LogP contribution in [0.5, 0.6) is 0 Å². The van der Waals surface area contributed by atoms with Gasteiger partial charge in [-0.1, -0.05) is 120 Å². The first-order valence-corrected chi connectivity index (χ1v) is 13.3. The lowest BCUT2D eigenvalue weighted by Crippen LogP contribution is -2.05. The molecule has 6 rings (SSSR count). The van der Waals surface area contributed by atoms with Crippen molar-refractivity contribution in [3.63, 3.8) is 0 Å². The molecular formula is C36H32N2. The summed E-state index contributed by atoms with van der Waals surface area (Å²) < 4.78 is 0. The SMILES string of the molecule is Cc1cccc(CNc2ccc3ccccc3c2-c2c(NCc3cccc(C)c3)ccc3ccccc23)c1. The third-order valence-corrected chi connectivity index (χ3v) is 7.24. The van der Waals surface area contributed by atoms with Crippen LogP contribution in [0.1, 0.15) is 22.3 Å². The quantitative estimate of drug-likeness (QED) is 0.232. The van der Waals surface area contributed by atoms with E-state index in [1.54, 1.807) is 0 Å². The highest BCUT2D eigenvalue weighted by molar-refractivity contribution is 6.13. The third kappa shape index (κ3) is 4.86. The summed E-state index contributed by atoms with van der Waals surface area (Å²) in [7, 11) is 0. The number of benzene rings is 6. The average Bonchev–Trinajstić information content (AvgIpc) is 2.94. The zero-order valence-electron chi connectivity index (χ0n) is 22.0. The molecule has 6 aromatic rings.